The summed E-state index contributed by atoms with van der Waals surface area (Å²) in [5, 5.41) is 11.7. The first-order valence-corrected chi connectivity index (χ1v) is 9.29. The van der Waals surface area contributed by atoms with E-state index in [4.69, 9.17) is 15.2 Å². The van der Waals surface area contributed by atoms with E-state index in [1.807, 2.05) is 0 Å². The number of ketones is 1. The Hall–Kier alpha value is -3.72. The van der Waals surface area contributed by atoms with Crippen LogP contribution in [0.25, 0.3) is 22.0 Å². The van der Waals surface area contributed by atoms with Gasteiger partial charge in [0.25, 0.3) is 11.2 Å². The summed E-state index contributed by atoms with van der Waals surface area (Å²) >= 11 is 0. The molecule has 0 aliphatic heterocycles. The van der Waals surface area contributed by atoms with Crippen molar-refractivity contribution < 1.29 is 19.2 Å². The Morgan fingerprint density at radius 1 is 1.07 bits per heavy atom. The van der Waals surface area contributed by atoms with Crippen molar-refractivity contribution >= 4 is 22.2 Å². The summed E-state index contributed by atoms with van der Waals surface area (Å²) in [6, 6.07) is 7.23. The van der Waals surface area contributed by atoms with Crippen LogP contribution in [0.5, 0.6) is 11.5 Å². The lowest BCUT2D eigenvalue weighted by molar-refractivity contribution is -0.384. The molecule has 3 aromatic rings. The number of benzene rings is 2. The lowest BCUT2D eigenvalue weighted by Crippen LogP contribution is -2.24. The summed E-state index contributed by atoms with van der Waals surface area (Å²) in [6.45, 7) is 0.591. The average molecular weight is 409 g/mol. The smallest absolute Gasteiger partial charge is 0.270 e. The highest BCUT2D eigenvalue weighted by molar-refractivity contribution is 6.27. The van der Waals surface area contributed by atoms with Crippen molar-refractivity contribution in [2.24, 2.45) is 5.73 Å². The third kappa shape index (κ3) is 2.66. The number of methoxy groups -OCH3 is 2. The molecule has 9 heteroatoms. The molecule has 0 saturated carbocycles. The minimum atomic E-state index is -0.569. The van der Waals surface area contributed by atoms with Crippen molar-refractivity contribution in [3.05, 3.63) is 61.9 Å². The first-order chi connectivity index (χ1) is 14.4. The zero-order valence-electron chi connectivity index (χ0n) is 16.4. The molecular weight excluding hydrogens is 390 g/mol. The molecule has 0 unspecified atom stereocenters. The minimum Gasteiger partial charge on any atom is -0.493 e. The number of hydrogen-bond acceptors (Lipinski definition) is 7. The van der Waals surface area contributed by atoms with E-state index in [1.165, 1.54) is 37.0 Å². The van der Waals surface area contributed by atoms with Gasteiger partial charge < -0.3 is 19.8 Å². The monoisotopic (exact) mass is 409 g/mol. The maximum atomic E-state index is 13.4. The first-order valence-electron chi connectivity index (χ1n) is 9.29. The number of aromatic nitrogens is 1. The average Bonchev–Trinajstić information content (AvgIpc) is 3.05. The van der Waals surface area contributed by atoms with Crippen LogP contribution in [0.3, 0.4) is 0 Å². The fourth-order valence-electron chi connectivity index (χ4n) is 3.99. The number of nitrogens with two attached hydrogens (primary N) is 1. The molecule has 1 aromatic heterocycles. The van der Waals surface area contributed by atoms with E-state index in [2.05, 4.69) is 0 Å². The predicted molar refractivity (Wildman–Crippen MR) is 111 cm³/mol. The van der Waals surface area contributed by atoms with Crippen molar-refractivity contribution in [2.75, 3.05) is 20.8 Å². The van der Waals surface area contributed by atoms with Crippen LogP contribution >= 0.6 is 0 Å². The van der Waals surface area contributed by atoms with Crippen LogP contribution in [0.1, 0.15) is 22.3 Å². The second-order valence-electron chi connectivity index (χ2n) is 6.86. The molecule has 0 bridgehead atoms. The van der Waals surface area contributed by atoms with Gasteiger partial charge in [-0.1, -0.05) is 0 Å². The van der Waals surface area contributed by atoms with Crippen LogP contribution in [0.2, 0.25) is 0 Å². The normalized spacial score (nSPS) is 12.0. The minimum absolute atomic E-state index is 0.118. The highest BCUT2D eigenvalue weighted by Gasteiger charge is 2.36. The zero-order chi connectivity index (χ0) is 21.6. The highest BCUT2D eigenvalue weighted by Crippen LogP contribution is 2.48. The molecule has 0 fully saturated rings. The van der Waals surface area contributed by atoms with Crippen LogP contribution in [-0.4, -0.2) is 36.0 Å². The van der Waals surface area contributed by atoms with E-state index in [0.717, 1.165) is 0 Å². The zero-order valence-corrected chi connectivity index (χ0v) is 16.4. The van der Waals surface area contributed by atoms with Crippen molar-refractivity contribution in [1.82, 2.24) is 4.57 Å². The highest BCUT2D eigenvalue weighted by atomic mass is 16.6. The van der Waals surface area contributed by atoms with Gasteiger partial charge in [-0.05, 0) is 31.2 Å². The summed E-state index contributed by atoms with van der Waals surface area (Å²) in [5.74, 6) is 0.504. The Morgan fingerprint density at radius 3 is 2.47 bits per heavy atom. The number of nitro groups is 1. The maximum Gasteiger partial charge on any atom is 0.270 e. The number of ether oxygens (including phenoxy) is 2. The van der Waals surface area contributed by atoms with Gasteiger partial charge in [0.05, 0.1) is 41.3 Å². The van der Waals surface area contributed by atoms with E-state index in [-0.39, 0.29) is 23.4 Å². The Labute approximate surface area is 170 Å². The number of carbonyl (C=O) groups is 1. The number of rotatable bonds is 6. The second kappa shape index (κ2) is 7.27. The Morgan fingerprint density at radius 2 is 1.83 bits per heavy atom. The summed E-state index contributed by atoms with van der Waals surface area (Å²) in [6.07, 6.45) is 0.489. The second-order valence-corrected chi connectivity index (χ2v) is 6.86. The first kappa shape index (κ1) is 19.6. The standard InChI is InChI=1S/C21H19N3O6/c1-29-15-7-6-13-17(20(15)30-2)18-16(19(13)25)12-5-4-11(24(27)28)10-14(12)21(26)23(18)9-3-8-22/h4-7,10H,3,8-9,22H2,1-2H3. The Kier molecular flexibility index (Phi) is 4.75. The molecular formula is C21H19N3O6. The molecule has 30 heavy (non-hydrogen) atoms. The number of carbonyl (C=O) groups excluding carboxylic acids is 1. The van der Waals surface area contributed by atoms with Gasteiger partial charge >= 0.3 is 0 Å². The summed E-state index contributed by atoms with van der Waals surface area (Å²) in [5.41, 5.74) is 6.62. The molecule has 0 atom stereocenters. The topological polar surface area (TPSA) is 127 Å². The van der Waals surface area contributed by atoms with Crippen molar-refractivity contribution in [2.45, 2.75) is 13.0 Å². The van der Waals surface area contributed by atoms with Crippen LogP contribution in [0.4, 0.5) is 5.69 Å². The molecule has 0 radical (unpaired) electrons. The van der Waals surface area contributed by atoms with Crippen LogP contribution in [0, 0.1) is 10.1 Å². The molecule has 0 saturated heterocycles. The van der Waals surface area contributed by atoms with Crippen LogP contribution < -0.4 is 20.8 Å². The number of non-ortho nitro benzene ring substituents is 1. The van der Waals surface area contributed by atoms with Gasteiger partial charge in [-0.25, -0.2) is 0 Å². The third-order valence-corrected chi connectivity index (χ3v) is 5.31. The quantitative estimate of drug-likeness (QED) is 0.383. The van der Waals surface area contributed by atoms with Crippen molar-refractivity contribution in [3.8, 4) is 22.8 Å². The van der Waals surface area contributed by atoms with Gasteiger partial charge in [0, 0.05) is 29.6 Å². The molecule has 2 aromatic carbocycles. The SMILES string of the molecule is COc1ccc2c(c1OC)-c1c(c3ccc([N+](=O)[O-])cc3c(=O)n1CCCN)C2=O. The Balaban J connectivity index is 2.17. The number of fused-ring (bicyclic) bond motifs is 5. The molecule has 1 aliphatic carbocycles. The fourth-order valence-corrected chi connectivity index (χ4v) is 3.99. The lowest BCUT2D eigenvalue weighted by atomic mass is 10.0. The van der Waals surface area contributed by atoms with Gasteiger partial charge in [0.15, 0.2) is 17.3 Å². The van der Waals surface area contributed by atoms with Crippen molar-refractivity contribution in [1.29, 1.82) is 0 Å². The van der Waals surface area contributed by atoms with Crippen molar-refractivity contribution in [3.63, 3.8) is 0 Å². The molecule has 9 nitrogen and oxygen atoms in total. The van der Waals surface area contributed by atoms with Crippen LogP contribution in [-0.2, 0) is 6.54 Å². The molecule has 1 heterocycles. The number of nitrogens with zero attached hydrogens (tertiary/aromatic N) is 2. The molecule has 1 aliphatic rings. The molecule has 4 rings (SSSR count). The molecule has 0 amide bonds. The van der Waals surface area contributed by atoms with Gasteiger partial charge in [-0.15, -0.1) is 0 Å². The third-order valence-electron chi connectivity index (χ3n) is 5.31. The van der Waals surface area contributed by atoms with Gasteiger partial charge in [0.1, 0.15) is 0 Å². The van der Waals surface area contributed by atoms with E-state index in [1.54, 1.807) is 12.1 Å². The lowest BCUT2D eigenvalue weighted by Gasteiger charge is -2.17. The Bertz CT molecular complexity index is 1280. The summed E-state index contributed by atoms with van der Waals surface area (Å²) in [7, 11) is 2.95. The molecule has 154 valence electrons. The summed E-state index contributed by atoms with van der Waals surface area (Å²) in [4.78, 5) is 37.4. The number of pyridine rings is 1. The molecule has 0 spiro atoms. The van der Waals surface area contributed by atoms with E-state index in [0.29, 0.717) is 52.2 Å². The maximum absolute atomic E-state index is 13.4. The van der Waals surface area contributed by atoms with E-state index in [9.17, 15) is 19.7 Å². The number of nitro benzene ring substituents is 1. The van der Waals surface area contributed by atoms with Gasteiger partial charge in [-0.2, -0.15) is 0 Å². The van der Waals surface area contributed by atoms with Gasteiger partial charge in [0.2, 0.25) is 0 Å². The van der Waals surface area contributed by atoms with Crippen LogP contribution in [0.15, 0.2) is 35.1 Å². The fraction of sp³-hybridized carbons (Fsp3) is 0.238. The summed E-state index contributed by atoms with van der Waals surface area (Å²) < 4.78 is 12.4. The largest absolute Gasteiger partial charge is 0.493 e. The van der Waals surface area contributed by atoms with E-state index < -0.39 is 10.5 Å². The van der Waals surface area contributed by atoms with Gasteiger partial charge in [-0.3, -0.25) is 19.7 Å². The van der Waals surface area contributed by atoms with E-state index >= 15 is 0 Å². The predicted octanol–water partition coefficient (Wildman–Crippen LogP) is 2.49. The number of hydrogen-bond donors (Lipinski definition) is 1. The molecule has 2 N–H and O–H groups in total.